The SMILES string of the molecule is COc1ccc(Cn2nc(Br)nc2N)cc1. The lowest BCUT2D eigenvalue weighted by atomic mass is 10.2. The van der Waals surface area contributed by atoms with Crippen LogP contribution in [-0.4, -0.2) is 21.9 Å². The van der Waals surface area contributed by atoms with Crippen LogP contribution in [-0.2, 0) is 6.54 Å². The molecule has 0 aliphatic carbocycles. The van der Waals surface area contributed by atoms with Gasteiger partial charge in [-0.15, -0.1) is 5.10 Å². The average molecular weight is 283 g/mol. The summed E-state index contributed by atoms with van der Waals surface area (Å²) in [4.78, 5) is 3.96. The molecule has 84 valence electrons. The van der Waals surface area contributed by atoms with Crippen LogP contribution in [0, 0.1) is 0 Å². The maximum Gasteiger partial charge on any atom is 0.219 e. The number of halogens is 1. The molecule has 16 heavy (non-hydrogen) atoms. The normalized spacial score (nSPS) is 10.4. The molecule has 2 aromatic rings. The second kappa shape index (κ2) is 4.52. The molecule has 0 atom stereocenters. The van der Waals surface area contributed by atoms with Crippen molar-refractivity contribution >= 4 is 21.9 Å². The van der Waals surface area contributed by atoms with Crippen molar-refractivity contribution in [2.75, 3.05) is 12.8 Å². The van der Waals surface area contributed by atoms with Crippen LogP contribution in [0.1, 0.15) is 5.56 Å². The van der Waals surface area contributed by atoms with E-state index >= 15 is 0 Å². The third kappa shape index (κ3) is 2.33. The molecule has 0 radical (unpaired) electrons. The molecule has 2 rings (SSSR count). The van der Waals surface area contributed by atoms with E-state index in [1.807, 2.05) is 24.3 Å². The first kappa shape index (κ1) is 10.9. The molecule has 0 fully saturated rings. The standard InChI is InChI=1S/C10H11BrN4O/c1-16-8-4-2-7(3-5-8)6-15-10(12)13-9(11)14-15/h2-5H,6H2,1H3,(H2,12,13,14). The number of methoxy groups -OCH3 is 1. The Bertz CT molecular complexity index is 480. The maximum absolute atomic E-state index is 5.68. The van der Waals surface area contributed by atoms with Gasteiger partial charge >= 0.3 is 0 Å². The van der Waals surface area contributed by atoms with Crippen molar-refractivity contribution in [2.45, 2.75) is 6.54 Å². The van der Waals surface area contributed by atoms with Gasteiger partial charge in [0, 0.05) is 0 Å². The second-order valence-electron chi connectivity index (χ2n) is 3.24. The van der Waals surface area contributed by atoms with E-state index in [1.165, 1.54) is 0 Å². The lowest BCUT2D eigenvalue weighted by molar-refractivity contribution is 0.414. The lowest BCUT2D eigenvalue weighted by Crippen LogP contribution is -2.06. The van der Waals surface area contributed by atoms with E-state index in [0.29, 0.717) is 17.2 Å². The minimum atomic E-state index is 0.391. The number of nitrogen functional groups attached to an aromatic ring is 1. The van der Waals surface area contributed by atoms with E-state index in [0.717, 1.165) is 11.3 Å². The highest BCUT2D eigenvalue weighted by Crippen LogP contribution is 2.14. The van der Waals surface area contributed by atoms with Gasteiger partial charge in [-0.05, 0) is 33.6 Å². The molecule has 0 saturated carbocycles. The van der Waals surface area contributed by atoms with Gasteiger partial charge < -0.3 is 10.5 Å². The van der Waals surface area contributed by atoms with Crippen LogP contribution < -0.4 is 10.5 Å². The number of anilines is 1. The third-order valence-electron chi connectivity index (χ3n) is 2.17. The monoisotopic (exact) mass is 282 g/mol. The third-order valence-corrected chi connectivity index (χ3v) is 2.50. The Hall–Kier alpha value is -1.56. The van der Waals surface area contributed by atoms with Crippen LogP contribution in [0.2, 0.25) is 0 Å². The van der Waals surface area contributed by atoms with Crippen molar-refractivity contribution in [3.05, 3.63) is 34.6 Å². The number of rotatable bonds is 3. The smallest absolute Gasteiger partial charge is 0.219 e. The second-order valence-corrected chi connectivity index (χ2v) is 3.95. The zero-order chi connectivity index (χ0) is 11.5. The highest BCUT2D eigenvalue weighted by molar-refractivity contribution is 9.10. The van der Waals surface area contributed by atoms with Crippen molar-refractivity contribution in [3.8, 4) is 5.75 Å². The summed E-state index contributed by atoms with van der Waals surface area (Å²) in [6.45, 7) is 0.592. The molecule has 0 unspecified atom stereocenters. The number of nitrogens with zero attached hydrogens (tertiary/aromatic N) is 3. The summed E-state index contributed by atoms with van der Waals surface area (Å²) in [7, 11) is 1.64. The van der Waals surface area contributed by atoms with Gasteiger partial charge in [-0.25, -0.2) is 4.68 Å². The first-order chi connectivity index (χ1) is 7.69. The van der Waals surface area contributed by atoms with E-state index in [9.17, 15) is 0 Å². The van der Waals surface area contributed by atoms with E-state index in [2.05, 4.69) is 26.0 Å². The minimum Gasteiger partial charge on any atom is -0.497 e. The van der Waals surface area contributed by atoms with Crippen LogP contribution in [0.4, 0.5) is 5.95 Å². The van der Waals surface area contributed by atoms with Gasteiger partial charge in [-0.1, -0.05) is 12.1 Å². The van der Waals surface area contributed by atoms with Gasteiger partial charge in [0.2, 0.25) is 10.7 Å². The molecule has 1 aromatic heterocycles. The van der Waals surface area contributed by atoms with Crippen molar-refractivity contribution in [1.82, 2.24) is 14.8 Å². The summed E-state index contributed by atoms with van der Waals surface area (Å²) in [5, 5.41) is 4.11. The Morgan fingerprint density at radius 1 is 1.38 bits per heavy atom. The maximum atomic E-state index is 5.68. The van der Waals surface area contributed by atoms with Crippen molar-refractivity contribution < 1.29 is 4.74 Å². The highest BCUT2D eigenvalue weighted by atomic mass is 79.9. The fourth-order valence-corrected chi connectivity index (χ4v) is 1.72. The van der Waals surface area contributed by atoms with Gasteiger partial charge in [-0.2, -0.15) is 4.98 Å². The molecule has 2 N–H and O–H groups in total. The zero-order valence-corrected chi connectivity index (χ0v) is 10.3. The van der Waals surface area contributed by atoms with Crippen molar-refractivity contribution in [1.29, 1.82) is 0 Å². The molecular weight excluding hydrogens is 272 g/mol. The van der Waals surface area contributed by atoms with Crippen LogP contribution >= 0.6 is 15.9 Å². The first-order valence-corrected chi connectivity index (χ1v) is 5.47. The molecule has 5 nitrogen and oxygen atoms in total. The Morgan fingerprint density at radius 3 is 2.56 bits per heavy atom. The van der Waals surface area contributed by atoms with Crippen LogP contribution in [0.15, 0.2) is 29.0 Å². The summed E-state index contributed by atoms with van der Waals surface area (Å²) < 4.78 is 7.21. The zero-order valence-electron chi connectivity index (χ0n) is 8.72. The molecule has 0 bridgehead atoms. The van der Waals surface area contributed by atoms with Crippen LogP contribution in [0.25, 0.3) is 0 Å². The molecule has 0 aliphatic heterocycles. The average Bonchev–Trinajstić information content (AvgIpc) is 2.59. The minimum absolute atomic E-state index is 0.391. The number of hydrogen-bond acceptors (Lipinski definition) is 4. The Kier molecular flexibility index (Phi) is 3.09. The molecule has 0 spiro atoms. The summed E-state index contributed by atoms with van der Waals surface area (Å²) in [6.07, 6.45) is 0. The summed E-state index contributed by atoms with van der Waals surface area (Å²) >= 11 is 3.18. The summed E-state index contributed by atoms with van der Waals surface area (Å²) in [5.74, 6) is 1.22. The van der Waals surface area contributed by atoms with Gasteiger partial charge in [-0.3, -0.25) is 0 Å². The predicted octanol–water partition coefficient (Wildman–Crippen LogP) is 1.68. The quantitative estimate of drug-likeness (QED) is 0.930. The number of ether oxygens (including phenoxy) is 1. The van der Waals surface area contributed by atoms with Crippen molar-refractivity contribution in [3.63, 3.8) is 0 Å². The predicted molar refractivity (Wildman–Crippen MR) is 64.2 cm³/mol. The number of nitrogens with two attached hydrogens (primary N) is 1. The van der Waals surface area contributed by atoms with Gasteiger partial charge in [0.1, 0.15) is 5.75 Å². The largest absolute Gasteiger partial charge is 0.497 e. The van der Waals surface area contributed by atoms with Gasteiger partial charge in [0.25, 0.3) is 0 Å². The Balaban J connectivity index is 2.17. The number of hydrogen-bond donors (Lipinski definition) is 1. The van der Waals surface area contributed by atoms with Crippen LogP contribution in [0.3, 0.4) is 0 Å². The summed E-state index contributed by atoms with van der Waals surface area (Å²) in [5.41, 5.74) is 6.77. The van der Waals surface area contributed by atoms with Crippen LogP contribution in [0.5, 0.6) is 5.75 Å². The number of benzene rings is 1. The topological polar surface area (TPSA) is 66.0 Å². The lowest BCUT2D eigenvalue weighted by Gasteiger charge is -2.04. The Labute approximate surface area is 101 Å². The summed E-state index contributed by atoms with van der Waals surface area (Å²) in [6, 6.07) is 7.73. The molecule has 0 saturated heterocycles. The fraction of sp³-hybridized carbons (Fsp3) is 0.200. The molecule has 0 amide bonds. The number of aromatic nitrogens is 3. The molecule has 0 aliphatic rings. The molecule has 6 heteroatoms. The first-order valence-electron chi connectivity index (χ1n) is 4.68. The molecule has 1 aromatic carbocycles. The van der Waals surface area contributed by atoms with Gasteiger partial charge in [0.15, 0.2) is 0 Å². The van der Waals surface area contributed by atoms with Gasteiger partial charge in [0.05, 0.1) is 13.7 Å². The molecular formula is C10H11BrN4O. The van der Waals surface area contributed by atoms with E-state index in [4.69, 9.17) is 10.5 Å². The van der Waals surface area contributed by atoms with E-state index in [-0.39, 0.29) is 0 Å². The van der Waals surface area contributed by atoms with E-state index < -0.39 is 0 Å². The van der Waals surface area contributed by atoms with Crippen molar-refractivity contribution in [2.24, 2.45) is 0 Å². The Morgan fingerprint density at radius 2 is 2.06 bits per heavy atom. The van der Waals surface area contributed by atoms with E-state index in [1.54, 1.807) is 11.8 Å². The highest BCUT2D eigenvalue weighted by Gasteiger charge is 2.04. The fourth-order valence-electron chi connectivity index (χ4n) is 1.35. The molecule has 1 heterocycles.